The van der Waals surface area contributed by atoms with Gasteiger partial charge in [0.25, 0.3) is 0 Å². The molecule has 0 aromatic heterocycles. The number of hydrogen-bond donors (Lipinski definition) is 2. The lowest BCUT2D eigenvalue weighted by Gasteiger charge is -2.10. The Morgan fingerprint density at radius 2 is 1.65 bits per heavy atom. The van der Waals surface area contributed by atoms with Gasteiger partial charge in [0, 0.05) is 11.3 Å². The Kier molecular flexibility index (Phi) is 5.02. The SMILES string of the molecule is COc1ccccc1NC(=O)C1CC1C(=O)Nc1cccc(C(C)=O)c1. The van der Waals surface area contributed by atoms with Gasteiger partial charge in [-0.2, -0.15) is 0 Å². The second kappa shape index (κ2) is 7.39. The maximum absolute atomic E-state index is 12.4. The zero-order valence-electron chi connectivity index (χ0n) is 14.6. The van der Waals surface area contributed by atoms with Crippen LogP contribution in [0.15, 0.2) is 48.5 Å². The van der Waals surface area contributed by atoms with Gasteiger partial charge in [0.15, 0.2) is 5.78 Å². The van der Waals surface area contributed by atoms with Gasteiger partial charge in [0.05, 0.1) is 24.6 Å². The molecule has 2 aromatic rings. The fourth-order valence-corrected chi connectivity index (χ4v) is 2.80. The second-order valence-electron chi connectivity index (χ2n) is 6.26. The average Bonchev–Trinajstić information content (AvgIpc) is 3.43. The summed E-state index contributed by atoms with van der Waals surface area (Å²) in [5.41, 5.74) is 1.67. The highest BCUT2D eigenvalue weighted by Gasteiger charge is 2.48. The van der Waals surface area contributed by atoms with E-state index >= 15 is 0 Å². The van der Waals surface area contributed by atoms with Gasteiger partial charge in [-0.1, -0.05) is 24.3 Å². The molecule has 0 heterocycles. The number of hydrogen-bond acceptors (Lipinski definition) is 4. The molecule has 2 unspecified atom stereocenters. The fourth-order valence-electron chi connectivity index (χ4n) is 2.80. The summed E-state index contributed by atoms with van der Waals surface area (Å²) in [7, 11) is 1.54. The number of methoxy groups -OCH3 is 1. The highest BCUT2D eigenvalue weighted by atomic mass is 16.5. The first kappa shape index (κ1) is 17.7. The molecule has 2 atom stereocenters. The summed E-state index contributed by atoms with van der Waals surface area (Å²) in [5, 5.41) is 5.58. The molecule has 0 spiro atoms. The molecule has 1 fully saturated rings. The van der Waals surface area contributed by atoms with Gasteiger partial charge in [-0.05, 0) is 37.6 Å². The molecule has 0 radical (unpaired) electrons. The van der Waals surface area contributed by atoms with Crippen molar-refractivity contribution in [2.45, 2.75) is 13.3 Å². The van der Waals surface area contributed by atoms with Crippen molar-refractivity contribution >= 4 is 29.0 Å². The van der Waals surface area contributed by atoms with Crippen molar-refractivity contribution in [3.8, 4) is 5.75 Å². The van der Waals surface area contributed by atoms with Gasteiger partial charge in [0.2, 0.25) is 11.8 Å². The van der Waals surface area contributed by atoms with Gasteiger partial charge in [0.1, 0.15) is 5.75 Å². The largest absolute Gasteiger partial charge is 0.495 e. The normalized spacial score (nSPS) is 17.9. The first-order valence-electron chi connectivity index (χ1n) is 8.35. The number of Topliss-reactive ketones (excluding diaryl/α,β-unsaturated/α-hetero) is 1. The summed E-state index contributed by atoms with van der Waals surface area (Å²) in [6.07, 6.45) is 0.499. The van der Waals surface area contributed by atoms with Crippen LogP contribution in [0.1, 0.15) is 23.7 Å². The molecule has 2 aromatic carbocycles. The van der Waals surface area contributed by atoms with Crippen LogP contribution in [0, 0.1) is 11.8 Å². The first-order chi connectivity index (χ1) is 12.5. The van der Waals surface area contributed by atoms with E-state index in [2.05, 4.69) is 10.6 Å². The van der Waals surface area contributed by atoms with Crippen LogP contribution >= 0.6 is 0 Å². The predicted octanol–water partition coefficient (Wildman–Crippen LogP) is 3.11. The number of benzene rings is 2. The monoisotopic (exact) mass is 352 g/mol. The van der Waals surface area contributed by atoms with Crippen LogP contribution in [-0.2, 0) is 9.59 Å². The summed E-state index contributed by atoms with van der Waals surface area (Å²) < 4.78 is 5.21. The summed E-state index contributed by atoms with van der Waals surface area (Å²) in [5.74, 6) is -0.648. The van der Waals surface area contributed by atoms with Gasteiger partial charge in [-0.15, -0.1) is 0 Å². The molecule has 2 amide bonds. The lowest BCUT2D eigenvalue weighted by atomic mass is 10.1. The molecule has 134 valence electrons. The molecule has 26 heavy (non-hydrogen) atoms. The Morgan fingerprint density at radius 1 is 0.962 bits per heavy atom. The number of rotatable bonds is 6. The van der Waals surface area contributed by atoms with E-state index in [1.165, 1.54) is 14.0 Å². The number of anilines is 2. The Labute approximate surface area is 151 Å². The molecule has 1 aliphatic carbocycles. The number of carbonyl (C=O) groups is 3. The number of ketones is 1. The zero-order valence-corrected chi connectivity index (χ0v) is 14.6. The van der Waals surface area contributed by atoms with Crippen LogP contribution in [0.2, 0.25) is 0 Å². The number of amides is 2. The van der Waals surface area contributed by atoms with E-state index in [0.717, 1.165) is 0 Å². The Morgan fingerprint density at radius 3 is 2.35 bits per heavy atom. The zero-order chi connectivity index (χ0) is 18.7. The molecule has 6 heteroatoms. The van der Waals surface area contributed by atoms with Gasteiger partial charge in [-0.25, -0.2) is 0 Å². The molecular weight excluding hydrogens is 332 g/mol. The van der Waals surface area contributed by atoms with Crippen LogP contribution in [0.25, 0.3) is 0 Å². The van der Waals surface area contributed by atoms with Crippen LogP contribution in [-0.4, -0.2) is 24.7 Å². The van der Waals surface area contributed by atoms with Crippen LogP contribution in [0.3, 0.4) is 0 Å². The standard InChI is InChI=1S/C20H20N2O4/c1-12(23)13-6-5-7-14(10-13)21-19(24)15-11-16(15)20(25)22-17-8-3-4-9-18(17)26-2/h3-10,15-16H,11H2,1-2H3,(H,21,24)(H,22,25). The van der Waals surface area contributed by atoms with Gasteiger partial charge < -0.3 is 15.4 Å². The molecule has 3 rings (SSSR count). The van der Waals surface area contributed by atoms with Crippen molar-refractivity contribution in [2.75, 3.05) is 17.7 Å². The smallest absolute Gasteiger partial charge is 0.228 e. The first-order valence-corrected chi connectivity index (χ1v) is 8.35. The molecule has 0 bridgehead atoms. The number of ether oxygens (including phenoxy) is 1. The molecule has 2 N–H and O–H groups in total. The fraction of sp³-hybridized carbons (Fsp3) is 0.250. The maximum Gasteiger partial charge on any atom is 0.228 e. The van der Waals surface area contributed by atoms with Crippen molar-refractivity contribution in [3.05, 3.63) is 54.1 Å². The molecule has 0 saturated heterocycles. The summed E-state index contributed by atoms with van der Waals surface area (Å²) in [6, 6.07) is 13.9. The molecule has 1 saturated carbocycles. The molecule has 1 aliphatic rings. The van der Waals surface area contributed by atoms with E-state index in [1.807, 2.05) is 6.07 Å². The summed E-state index contributed by atoms with van der Waals surface area (Å²) in [6.45, 7) is 1.47. The van der Waals surface area contributed by atoms with Crippen LogP contribution in [0.5, 0.6) is 5.75 Å². The Bertz CT molecular complexity index is 862. The predicted molar refractivity (Wildman–Crippen MR) is 98.3 cm³/mol. The van der Waals surface area contributed by atoms with Crippen molar-refractivity contribution in [1.82, 2.24) is 0 Å². The minimum Gasteiger partial charge on any atom is -0.495 e. The maximum atomic E-state index is 12.4. The third kappa shape index (κ3) is 3.91. The average molecular weight is 352 g/mol. The van der Waals surface area contributed by atoms with E-state index in [-0.39, 0.29) is 29.4 Å². The lowest BCUT2D eigenvalue weighted by Crippen LogP contribution is -2.20. The number of para-hydroxylation sites is 2. The molecular formula is C20H20N2O4. The van der Waals surface area contributed by atoms with E-state index in [0.29, 0.717) is 29.1 Å². The number of carbonyl (C=O) groups excluding carboxylic acids is 3. The Hall–Kier alpha value is -3.15. The van der Waals surface area contributed by atoms with E-state index in [4.69, 9.17) is 4.74 Å². The van der Waals surface area contributed by atoms with E-state index < -0.39 is 0 Å². The third-order valence-corrected chi connectivity index (χ3v) is 4.37. The van der Waals surface area contributed by atoms with Crippen molar-refractivity contribution in [1.29, 1.82) is 0 Å². The van der Waals surface area contributed by atoms with E-state index in [1.54, 1.807) is 42.5 Å². The quantitative estimate of drug-likeness (QED) is 0.783. The molecule has 6 nitrogen and oxygen atoms in total. The van der Waals surface area contributed by atoms with Crippen molar-refractivity contribution < 1.29 is 19.1 Å². The van der Waals surface area contributed by atoms with Crippen molar-refractivity contribution in [3.63, 3.8) is 0 Å². The van der Waals surface area contributed by atoms with Crippen LogP contribution < -0.4 is 15.4 Å². The Balaban J connectivity index is 1.59. The summed E-state index contributed by atoms with van der Waals surface area (Å²) >= 11 is 0. The number of nitrogens with one attached hydrogen (secondary N) is 2. The topological polar surface area (TPSA) is 84.5 Å². The minimum absolute atomic E-state index is 0.0680. The third-order valence-electron chi connectivity index (χ3n) is 4.37. The highest BCUT2D eigenvalue weighted by Crippen LogP contribution is 2.40. The highest BCUT2D eigenvalue weighted by molar-refractivity contribution is 6.04. The second-order valence-corrected chi connectivity index (χ2v) is 6.26. The minimum atomic E-state index is -0.370. The van der Waals surface area contributed by atoms with E-state index in [9.17, 15) is 14.4 Å². The summed E-state index contributed by atoms with van der Waals surface area (Å²) in [4.78, 5) is 36.1. The van der Waals surface area contributed by atoms with Crippen molar-refractivity contribution in [2.24, 2.45) is 11.8 Å². The lowest BCUT2D eigenvalue weighted by molar-refractivity contribution is -0.122. The van der Waals surface area contributed by atoms with Crippen LogP contribution in [0.4, 0.5) is 11.4 Å². The van der Waals surface area contributed by atoms with Gasteiger partial charge in [-0.3, -0.25) is 14.4 Å². The molecule has 0 aliphatic heterocycles. The van der Waals surface area contributed by atoms with Gasteiger partial charge >= 0.3 is 0 Å².